The summed E-state index contributed by atoms with van der Waals surface area (Å²) in [7, 11) is 0. The lowest BCUT2D eigenvalue weighted by Gasteiger charge is -2.05. The number of rotatable bonds is 5. The van der Waals surface area contributed by atoms with E-state index in [1.54, 1.807) is 30.3 Å². The maximum atomic E-state index is 12.2. The molecule has 1 aromatic heterocycles. The zero-order chi connectivity index (χ0) is 22.0. The molecule has 0 aliphatic heterocycles. The number of hydrogen-bond acceptors (Lipinski definition) is 4. The summed E-state index contributed by atoms with van der Waals surface area (Å²) in [5.41, 5.74) is 4.00. The van der Waals surface area contributed by atoms with Crippen LogP contribution in [0.15, 0.2) is 72.8 Å². The van der Waals surface area contributed by atoms with Gasteiger partial charge in [0.1, 0.15) is 5.52 Å². The first-order valence-corrected chi connectivity index (χ1v) is 9.45. The Bertz CT molecular complexity index is 1310. The molecule has 0 atom stereocenters. The molecule has 31 heavy (non-hydrogen) atoms. The number of amides is 1. The Balaban J connectivity index is 1.50. The smallest absolute Gasteiger partial charge is 0.318 e. The summed E-state index contributed by atoms with van der Waals surface area (Å²) < 4.78 is 0.847. The molecule has 0 aliphatic carbocycles. The summed E-state index contributed by atoms with van der Waals surface area (Å²) >= 11 is 0. The molecule has 0 fully saturated rings. The van der Waals surface area contributed by atoms with E-state index in [0.717, 1.165) is 15.9 Å². The average Bonchev–Trinajstić information content (AvgIpc) is 3.10. The molecule has 0 spiro atoms. The van der Waals surface area contributed by atoms with Crippen LogP contribution in [0.25, 0.3) is 28.5 Å². The Hall–Kier alpha value is -4.46. The molecule has 3 aromatic carbocycles. The second-order valence-corrected chi connectivity index (χ2v) is 7.00. The molecule has 0 unspecified atom stereocenters. The predicted octanol–water partition coefficient (Wildman–Crippen LogP) is 4.70. The van der Waals surface area contributed by atoms with Crippen LogP contribution in [-0.2, 0) is 4.79 Å². The fraction of sp³-hybridized carbons (Fsp3) is 0.0435. The van der Waals surface area contributed by atoms with Gasteiger partial charge in [0.05, 0.1) is 10.4 Å². The van der Waals surface area contributed by atoms with Crippen LogP contribution in [0, 0.1) is 11.8 Å². The maximum Gasteiger partial charge on any atom is 0.318 e. The van der Waals surface area contributed by atoms with E-state index in [4.69, 9.17) is 5.21 Å². The lowest BCUT2D eigenvalue weighted by Crippen LogP contribution is -2.07. The van der Waals surface area contributed by atoms with E-state index in [0.29, 0.717) is 16.8 Å². The van der Waals surface area contributed by atoms with Crippen molar-refractivity contribution in [2.45, 2.75) is 6.92 Å². The van der Waals surface area contributed by atoms with Gasteiger partial charge in [-0.25, -0.2) is 10.2 Å². The number of aromatic nitrogens is 2. The van der Waals surface area contributed by atoms with Crippen LogP contribution in [0.2, 0.25) is 0 Å². The second-order valence-electron chi connectivity index (χ2n) is 7.00. The Morgan fingerprint density at radius 1 is 1.06 bits per heavy atom. The van der Waals surface area contributed by atoms with Gasteiger partial charge in [-0.2, -0.15) is 4.73 Å². The van der Waals surface area contributed by atoms with Crippen molar-refractivity contribution >= 4 is 34.4 Å². The van der Waals surface area contributed by atoms with Gasteiger partial charge < -0.3 is 10.5 Å². The number of anilines is 1. The van der Waals surface area contributed by atoms with Gasteiger partial charge in [0.15, 0.2) is 5.82 Å². The minimum absolute atomic E-state index is 0.0222. The van der Waals surface area contributed by atoms with E-state index in [1.807, 2.05) is 31.2 Å². The zero-order valence-corrected chi connectivity index (χ0v) is 16.6. The highest BCUT2D eigenvalue weighted by molar-refractivity contribution is 6.02. The van der Waals surface area contributed by atoms with Crippen LogP contribution in [0.1, 0.15) is 11.1 Å². The highest BCUT2D eigenvalue weighted by atomic mass is 16.6. The number of nitrogens with one attached hydrogen (secondary N) is 1. The van der Waals surface area contributed by atoms with Crippen molar-refractivity contribution in [2.75, 3.05) is 5.32 Å². The van der Waals surface area contributed by atoms with Crippen LogP contribution >= 0.6 is 0 Å². The SMILES string of the molecule is Cc1ccc(/C=C/C(=O)Nc2ccc(-c3nc4ccc([N+](=O)O)cc4n3O)cc2)cc1. The summed E-state index contributed by atoms with van der Waals surface area (Å²) in [5, 5.41) is 22.3. The van der Waals surface area contributed by atoms with Gasteiger partial charge in [-0.3, -0.25) is 4.79 Å². The molecule has 4 aromatic rings. The van der Waals surface area contributed by atoms with Crippen LogP contribution in [0.4, 0.5) is 11.4 Å². The van der Waals surface area contributed by atoms with Gasteiger partial charge in [0, 0.05) is 29.5 Å². The Morgan fingerprint density at radius 2 is 1.77 bits per heavy atom. The molecule has 1 heterocycles. The molecule has 8 nitrogen and oxygen atoms in total. The Morgan fingerprint density at radius 3 is 2.45 bits per heavy atom. The first-order chi connectivity index (χ1) is 14.9. The van der Waals surface area contributed by atoms with Gasteiger partial charge >= 0.3 is 5.69 Å². The molecule has 154 valence electrons. The monoisotopic (exact) mass is 415 g/mol. The predicted molar refractivity (Wildman–Crippen MR) is 116 cm³/mol. The van der Waals surface area contributed by atoms with E-state index in [-0.39, 0.29) is 27.9 Å². The second kappa shape index (κ2) is 8.11. The van der Waals surface area contributed by atoms with Gasteiger partial charge in [-0.1, -0.05) is 29.8 Å². The molecule has 8 heteroatoms. The van der Waals surface area contributed by atoms with Crippen molar-refractivity contribution in [2.24, 2.45) is 0 Å². The average molecular weight is 415 g/mol. The lowest BCUT2D eigenvalue weighted by atomic mass is 10.1. The summed E-state index contributed by atoms with van der Waals surface area (Å²) in [5.74, 6) is 0.00102. The number of aryl methyl sites for hydroxylation is 1. The first-order valence-electron chi connectivity index (χ1n) is 9.45. The van der Waals surface area contributed by atoms with Crippen LogP contribution in [-0.4, -0.2) is 31.0 Å². The molecule has 0 saturated carbocycles. The highest BCUT2D eigenvalue weighted by Crippen LogP contribution is 2.27. The lowest BCUT2D eigenvalue weighted by molar-refractivity contribution is -0.729. The van der Waals surface area contributed by atoms with E-state index < -0.39 is 0 Å². The minimum Gasteiger partial charge on any atom is -0.426 e. The minimum atomic E-state index is -0.281. The van der Waals surface area contributed by atoms with E-state index in [2.05, 4.69) is 10.3 Å². The number of fused-ring (bicyclic) bond motifs is 1. The zero-order valence-electron chi connectivity index (χ0n) is 16.6. The fourth-order valence-electron chi connectivity index (χ4n) is 3.09. The number of carbonyl (C=O) groups is 1. The number of benzene rings is 3. The number of imidazole rings is 1. The van der Waals surface area contributed by atoms with Crippen molar-refractivity contribution in [1.82, 2.24) is 9.71 Å². The van der Waals surface area contributed by atoms with Crippen LogP contribution in [0.3, 0.4) is 0 Å². The van der Waals surface area contributed by atoms with Crippen molar-refractivity contribution in [3.63, 3.8) is 0 Å². The van der Waals surface area contributed by atoms with Gasteiger partial charge in [-0.05, 0) is 48.9 Å². The Labute approximate surface area is 177 Å². The third-order valence-corrected chi connectivity index (χ3v) is 4.75. The standard InChI is InChI=1S/C23H18N4O4/c1-15-2-4-16(5-3-15)6-13-22(28)24-18-9-7-17(8-10-18)23-25-20-12-11-19(27(30)31)14-21(20)26(23)29/h2-14,29H,1H3,(H-,24,25,28,30,31)/p+1/b13-6+. The maximum absolute atomic E-state index is 12.2. The van der Waals surface area contributed by atoms with Crippen LogP contribution < -0.4 is 5.32 Å². The molecule has 1 amide bonds. The highest BCUT2D eigenvalue weighted by Gasteiger charge is 2.18. The largest absolute Gasteiger partial charge is 0.426 e. The van der Waals surface area contributed by atoms with E-state index in [9.17, 15) is 14.9 Å². The Kier molecular flexibility index (Phi) is 5.19. The van der Waals surface area contributed by atoms with Crippen molar-refractivity contribution in [3.05, 3.63) is 88.8 Å². The molecular weight excluding hydrogens is 396 g/mol. The quantitative estimate of drug-likeness (QED) is 0.249. The molecule has 0 radical (unpaired) electrons. The van der Waals surface area contributed by atoms with Crippen LogP contribution in [0.5, 0.6) is 0 Å². The van der Waals surface area contributed by atoms with E-state index in [1.165, 1.54) is 24.3 Å². The summed E-state index contributed by atoms with van der Waals surface area (Å²) in [6, 6.07) is 18.9. The molecule has 0 aliphatic rings. The van der Waals surface area contributed by atoms with Gasteiger partial charge in [-0.15, -0.1) is 0 Å². The van der Waals surface area contributed by atoms with Gasteiger partial charge in [0.25, 0.3) is 4.92 Å². The topological polar surface area (TPSA) is 107 Å². The molecule has 3 N–H and O–H groups in total. The van der Waals surface area contributed by atoms with Crippen molar-refractivity contribution in [3.8, 4) is 11.4 Å². The molecule has 0 bridgehead atoms. The van der Waals surface area contributed by atoms with Crippen molar-refractivity contribution < 1.29 is 20.1 Å². The number of carbonyl (C=O) groups excluding carboxylic acids is 1. The third-order valence-electron chi connectivity index (χ3n) is 4.75. The molecular formula is C23H19N4O4+. The van der Waals surface area contributed by atoms with Crippen molar-refractivity contribution in [1.29, 1.82) is 0 Å². The normalized spacial score (nSPS) is 11.1. The van der Waals surface area contributed by atoms with Gasteiger partial charge in [0.2, 0.25) is 5.91 Å². The summed E-state index contributed by atoms with van der Waals surface area (Å²) in [6.45, 7) is 2.00. The first kappa shape index (κ1) is 19.8. The van der Waals surface area contributed by atoms with E-state index >= 15 is 0 Å². The molecule has 0 saturated heterocycles. The summed E-state index contributed by atoms with van der Waals surface area (Å²) in [4.78, 5) is 27.3. The number of hydrogen-bond donors (Lipinski definition) is 3. The fourth-order valence-corrected chi connectivity index (χ4v) is 3.09. The third kappa shape index (κ3) is 4.27. The summed E-state index contributed by atoms with van der Waals surface area (Å²) in [6.07, 6.45) is 3.20. The molecule has 4 rings (SSSR count). The number of nitrogens with zero attached hydrogens (tertiary/aromatic N) is 3.